The Balaban J connectivity index is 1.49. The molecule has 158 valence electrons. The van der Waals surface area contributed by atoms with E-state index in [4.69, 9.17) is 62.7 Å². The molecule has 1 heterocycles. The number of anilines is 1. The van der Waals surface area contributed by atoms with Gasteiger partial charge in [0.25, 0.3) is 5.91 Å². The standard InChI is InChI=1S/C20H15Cl5N2O3/c21-10-3-9(4-11(22)5-10)16-17(20(16,24)25)19(29)26-12-1-2-15(23)14(6-12)18(28)27-13-7-30-8-13/h1-6,13,16-17H,7-8H2,(H,26,29)(H,27,28)/t16-,17+/m0/s1. The summed E-state index contributed by atoms with van der Waals surface area (Å²) in [5.74, 6) is -1.91. The van der Waals surface area contributed by atoms with Gasteiger partial charge < -0.3 is 15.4 Å². The van der Waals surface area contributed by atoms with Gasteiger partial charge in [-0.1, -0.05) is 34.8 Å². The van der Waals surface area contributed by atoms with Gasteiger partial charge >= 0.3 is 0 Å². The molecular weight excluding hydrogens is 493 g/mol. The highest BCUT2D eigenvalue weighted by molar-refractivity contribution is 6.53. The quantitative estimate of drug-likeness (QED) is 0.539. The van der Waals surface area contributed by atoms with Gasteiger partial charge in [-0.2, -0.15) is 0 Å². The van der Waals surface area contributed by atoms with Gasteiger partial charge in [-0.15, -0.1) is 23.2 Å². The highest BCUT2D eigenvalue weighted by Crippen LogP contribution is 2.65. The van der Waals surface area contributed by atoms with Crippen LogP contribution in [0, 0.1) is 5.92 Å². The van der Waals surface area contributed by atoms with E-state index in [1.54, 1.807) is 30.3 Å². The fraction of sp³-hybridized carbons (Fsp3) is 0.300. The molecule has 2 aromatic carbocycles. The van der Waals surface area contributed by atoms with E-state index in [-0.39, 0.29) is 28.4 Å². The first-order valence-corrected chi connectivity index (χ1v) is 10.9. The van der Waals surface area contributed by atoms with Crippen molar-refractivity contribution in [2.75, 3.05) is 18.5 Å². The Morgan fingerprint density at radius 1 is 1.00 bits per heavy atom. The van der Waals surface area contributed by atoms with Crippen LogP contribution in [-0.4, -0.2) is 35.4 Å². The topological polar surface area (TPSA) is 67.4 Å². The van der Waals surface area contributed by atoms with Crippen LogP contribution in [0.15, 0.2) is 36.4 Å². The lowest BCUT2D eigenvalue weighted by atomic mass is 10.1. The van der Waals surface area contributed by atoms with Crippen molar-refractivity contribution in [2.45, 2.75) is 16.3 Å². The van der Waals surface area contributed by atoms with Crippen molar-refractivity contribution < 1.29 is 14.3 Å². The summed E-state index contributed by atoms with van der Waals surface area (Å²) in [6.07, 6.45) is 0. The first kappa shape index (κ1) is 22.0. The van der Waals surface area contributed by atoms with E-state index in [0.717, 1.165) is 0 Å². The van der Waals surface area contributed by atoms with E-state index < -0.39 is 16.2 Å². The van der Waals surface area contributed by atoms with Crippen LogP contribution >= 0.6 is 58.0 Å². The molecule has 0 unspecified atom stereocenters. The smallest absolute Gasteiger partial charge is 0.253 e. The van der Waals surface area contributed by atoms with Crippen LogP contribution in [0.2, 0.25) is 15.1 Å². The summed E-state index contributed by atoms with van der Waals surface area (Å²) in [5.41, 5.74) is 1.33. The van der Waals surface area contributed by atoms with Gasteiger partial charge in [0, 0.05) is 21.7 Å². The maximum atomic E-state index is 12.8. The number of rotatable bonds is 5. The Bertz CT molecular complexity index is 1010. The van der Waals surface area contributed by atoms with Crippen molar-refractivity contribution >= 4 is 75.5 Å². The lowest BCUT2D eigenvalue weighted by Gasteiger charge is -2.27. The molecule has 0 aromatic heterocycles. The lowest BCUT2D eigenvalue weighted by molar-refractivity contribution is -0.117. The highest BCUT2D eigenvalue weighted by Gasteiger charge is 2.67. The van der Waals surface area contributed by atoms with E-state index in [1.165, 1.54) is 6.07 Å². The summed E-state index contributed by atoms with van der Waals surface area (Å²) >= 11 is 31.0. The van der Waals surface area contributed by atoms with Crippen LogP contribution in [0.1, 0.15) is 21.8 Å². The lowest BCUT2D eigenvalue weighted by Crippen LogP contribution is -2.48. The van der Waals surface area contributed by atoms with Crippen molar-refractivity contribution in [3.63, 3.8) is 0 Å². The van der Waals surface area contributed by atoms with Crippen LogP contribution in [0.4, 0.5) is 5.69 Å². The predicted octanol–water partition coefficient (Wildman–Crippen LogP) is 5.30. The molecule has 2 aromatic rings. The summed E-state index contributed by atoms with van der Waals surface area (Å²) in [6.45, 7) is 0.924. The predicted molar refractivity (Wildman–Crippen MR) is 119 cm³/mol. The van der Waals surface area contributed by atoms with E-state index in [0.29, 0.717) is 34.5 Å². The Morgan fingerprint density at radius 2 is 1.67 bits per heavy atom. The van der Waals surface area contributed by atoms with Gasteiger partial charge in [-0.05, 0) is 42.0 Å². The fourth-order valence-electron chi connectivity index (χ4n) is 3.40. The molecule has 2 atom stereocenters. The van der Waals surface area contributed by atoms with Crippen LogP contribution in [0.3, 0.4) is 0 Å². The summed E-state index contributed by atoms with van der Waals surface area (Å²) in [4.78, 5) is 25.3. The summed E-state index contributed by atoms with van der Waals surface area (Å²) < 4.78 is 3.75. The molecule has 1 saturated carbocycles. The monoisotopic (exact) mass is 506 g/mol. The molecule has 0 bridgehead atoms. The Kier molecular flexibility index (Phi) is 6.14. The molecule has 2 N–H and O–H groups in total. The minimum absolute atomic E-state index is 0.0448. The molecule has 0 spiro atoms. The molecule has 4 rings (SSSR count). The van der Waals surface area contributed by atoms with Crippen LogP contribution < -0.4 is 10.6 Å². The van der Waals surface area contributed by atoms with Crippen LogP contribution in [-0.2, 0) is 9.53 Å². The average Bonchev–Trinajstić information content (AvgIpc) is 3.21. The number of benzene rings is 2. The highest BCUT2D eigenvalue weighted by atomic mass is 35.5. The number of carbonyl (C=O) groups is 2. The minimum atomic E-state index is -1.30. The van der Waals surface area contributed by atoms with Gasteiger partial charge in [0.05, 0.1) is 35.8 Å². The molecule has 1 saturated heterocycles. The third-order valence-corrected chi connectivity index (χ3v) is 6.74. The molecule has 2 aliphatic rings. The number of carbonyl (C=O) groups excluding carboxylic acids is 2. The number of hydrogen-bond donors (Lipinski definition) is 2. The van der Waals surface area contributed by atoms with Crippen LogP contribution in [0.5, 0.6) is 0 Å². The summed E-state index contributed by atoms with van der Waals surface area (Å²) in [7, 11) is 0. The molecular formula is C20H15Cl5N2O3. The second kappa shape index (κ2) is 8.38. The first-order chi connectivity index (χ1) is 14.2. The number of nitrogens with one attached hydrogen (secondary N) is 2. The third-order valence-electron chi connectivity index (χ3n) is 5.03. The van der Waals surface area contributed by atoms with Gasteiger partial charge in [0.15, 0.2) is 0 Å². The zero-order valence-corrected chi connectivity index (χ0v) is 19.0. The van der Waals surface area contributed by atoms with Gasteiger partial charge in [-0.3, -0.25) is 9.59 Å². The van der Waals surface area contributed by atoms with Gasteiger partial charge in [0.2, 0.25) is 5.91 Å². The largest absolute Gasteiger partial charge is 0.377 e. The summed E-state index contributed by atoms with van der Waals surface area (Å²) in [5, 5.41) is 6.70. The van der Waals surface area contributed by atoms with Crippen molar-refractivity contribution in [1.82, 2.24) is 5.32 Å². The molecule has 2 fully saturated rings. The number of amides is 2. The number of alkyl halides is 2. The maximum Gasteiger partial charge on any atom is 0.253 e. The first-order valence-electron chi connectivity index (χ1n) is 8.99. The maximum absolute atomic E-state index is 12.8. The van der Waals surface area contributed by atoms with Gasteiger partial charge in [0.1, 0.15) is 4.33 Å². The molecule has 5 nitrogen and oxygen atoms in total. The van der Waals surface area contributed by atoms with Crippen LogP contribution in [0.25, 0.3) is 0 Å². The van der Waals surface area contributed by atoms with Crippen molar-refractivity contribution in [1.29, 1.82) is 0 Å². The zero-order chi connectivity index (χ0) is 21.6. The molecule has 10 heteroatoms. The Labute approximate surface area is 197 Å². The van der Waals surface area contributed by atoms with E-state index in [1.807, 2.05) is 0 Å². The van der Waals surface area contributed by atoms with E-state index >= 15 is 0 Å². The minimum Gasteiger partial charge on any atom is -0.377 e. The van der Waals surface area contributed by atoms with Crippen molar-refractivity contribution in [3.8, 4) is 0 Å². The third kappa shape index (κ3) is 4.38. The molecule has 1 aliphatic carbocycles. The number of ether oxygens (including phenoxy) is 1. The zero-order valence-electron chi connectivity index (χ0n) is 15.2. The van der Waals surface area contributed by atoms with E-state index in [2.05, 4.69) is 10.6 Å². The Hall–Kier alpha value is -1.21. The number of halogens is 5. The number of hydrogen-bond acceptors (Lipinski definition) is 3. The fourth-order valence-corrected chi connectivity index (χ4v) is 4.98. The molecule has 30 heavy (non-hydrogen) atoms. The molecule has 2 amide bonds. The Morgan fingerprint density at radius 3 is 2.27 bits per heavy atom. The molecule has 1 aliphatic heterocycles. The van der Waals surface area contributed by atoms with Crippen molar-refractivity contribution in [3.05, 3.63) is 62.6 Å². The normalized spacial score (nSPS) is 22.2. The average molecular weight is 509 g/mol. The van der Waals surface area contributed by atoms with Crippen molar-refractivity contribution in [2.24, 2.45) is 5.92 Å². The summed E-state index contributed by atoms with van der Waals surface area (Å²) in [6, 6.07) is 9.55. The second-order valence-electron chi connectivity index (χ2n) is 7.22. The van der Waals surface area contributed by atoms with Gasteiger partial charge in [-0.25, -0.2) is 0 Å². The SMILES string of the molecule is O=C(NC1COC1)c1cc(NC(=O)[C@H]2[C@H](c3cc(Cl)cc(Cl)c3)C2(Cl)Cl)ccc1Cl. The van der Waals surface area contributed by atoms with E-state index in [9.17, 15) is 9.59 Å². The molecule has 0 radical (unpaired) electrons. The second-order valence-corrected chi connectivity index (χ2v) is 9.95.